The highest BCUT2D eigenvalue weighted by atomic mass is 19.2. The van der Waals surface area contributed by atoms with Gasteiger partial charge in [0.15, 0.2) is 11.6 Å². The number of halogens is 2. The molecule has 0 amide bonds. The van der Waals surface area contributed by atoms with Crippen LogP contribution in [0.25, 0.3) is 11.3 Å². The molecule has 138 valence electrons. The van der Waals surface area contributed by atoms with Gasteiger partial charge in [-0.2, -0.15) is 0 Å². The first-order valence-corrected chi connectivity index (χ1v) is 9.72. The summed E-state index contributed by atoms with van der Waals surface area (Å²) in [6, 6.07) is 7.86. The Bertz CT molecular complexity index is 728. The molecule has 1 fully saturated rings. The van der Waals surface area contributed by atoms with Gasteiger partial charge in [0.1, 0.15) is 0 Å². The summed E-state index contributed by atoms with van der Waals surface area (Å²) in [5.41, 5.74) is 2.49. The predicted molar refractivity (Wildman–Crippen MR) is 103 cm³/mol. The molecule has 0 saturated heterocycles. The van der Waals surface area contributed by atoms with Gasteiger partial charge in [0, 0.05) is 11.8 Å². The van der Waals surface area contributed by atoms with E-state index in [9.17, 15) is 8.78 Å². The van der Waals surface area contributed by atoms with Crippen molar-refractivity contribution in [2.75, 3.05) is 0 Å². The largest absolute Gasteiger partial charge is 0.256 e. The summed E-state index contributed by atoms with van der Waals surface area (Å²) in [6.45, 7) is 2.19. The molecule has 3 heteroatoms. The second-order valence-corrected chi connectivity index (χ2v) is 7.34. The summed E-state index contributed by atoms with van der Waals surface area (Å²) in [7, 11) is 0. The Hall–Kier alpha value is -2.03. The number of rotatable bonds is 6. The third-order valence-electron chi connectivity index (χ3n) is 5.42. The van der Waals surface area contributed by atoms with Crippen molar-refractivity contribution in [1.82, 2.24) is 4.98 Å². The second-order valence-electron chi connectivity index (χ2n) is 7.34. The highest BCUT2D eigenvalue weighted by molar-refractivity contribution is 5.59. The number of nitrogens with zero attached hydrogens (tertiary/aromatic N) is 1. The molecule has 0 spiro atoms. The summed E-state index contributed by atoms with van der Waals surface area (Å²) in [5, 5.41) is 0. The van der Waals surface area contributed by atoms with E-state index in [0.717, 1.165) is 30.7 Å². The van der Waals surface area contributed by atoms with Crippen LogP contribution in [0.1, 0.15) is 51.0 Å². The van der Waals surface area contributed by atoms with E-state index in [-0.39, 0.29) is 0 Å². The number of hydrogen-bond donors (Lipinski definition) is 0. The molecular formula is C23H27F2N. The fourth-order valence-corrected chi connectivity index (χ4v) is 3.77. The molecule has 0 N–H and O–H groups in total. The Kier molecular flexibility index (Phi) is 6.54. The van der Waals surface area contributed by atoms with E-state index in [1.807, 2.05) is 12.3 Å². The van der Waals surface area contributed by atoms with E-state index in [0.29, 0.717) is 11.3 Å². The van der Waals surface area contributed by atoms with Crippen LogP contribution < -0.4 is 0 Å². The fourth-order valence-electron chi connectivity index (χ4n) is 3.77. The zero-order chi connectivity index (χ0) is 18.4. The maximum atomic E-state index is 13.4. The number of benzene rings is 1. The van der Waals surface area contributed by atoms with Gasteiger partial charge in [-0.1, -0.05) is 25.1 Å². The highest BCUT2D eigenvalue weighted by Crippen LogP contribution is 2.32. The molecule has 0 atom stereocenters. The minimum absolute atomic E-state index is 0.605. The Morgan fingerprint density at radius 3 is 2.50 bits per heavy atom. The Morgan fingerprint density at radius 1 is 1.04 bits per heavy atom. The fraction of sp³-hybridized carbons (Fsp3) is 0.435. The van der Waals surface area contributed by atoms with Crippen LogP contribution >= 0.6 is 0 Å². The predicted octanol–water partition coefficient (Wildman–Crippen LogP) is 6.73. The Morgan fingerprint density at radius 2 is 1.85 bits per heavy atom. The van der Waals surface area contributed by atoms with Crippen LogP contribution in [0.5, 0.6) is 0 Å². The number of aromatic nitrogens is 1. The maximum absolute atomic E-state index is 13.4. The monoisotopic (exact) mass is 355 g/mol. The maximum Gasteiger partial charge on any atom is 0.159 e. The van der Waals surface area contributed by atoms with E-state index < -0.39 is 11.6 Å². The van der Waals surface area contributed by atoms with E-state index in [2.05, 4.69) is 30.1 Å². The lowest BCUT2D eigenvalue weighted by atomic mass is 9.79. The molecule has 3 rings (SSSR count). The van der Waals surface area contributed by atoms with Crippen LogP contribution in [0.4, 0.5) is 8.78 Å². The van der Waals surface area contributed by atoms with Crippen molar-refractivity contribution >= 4 is 0 Å². The molecule has 2 aromatic rings. The standard InChI is InChI=1S/C23H27F2N/c1-2-3-4-17-5-7-18(8-6-17)9-10-19-11-14-23(26-16-19)20-12-13-21(24)22(25)15-20/h3-4,11-18H,2,5-10H2,1H3/b4-3+. The zero-order valence-corrected chi connectivity index (χ0v) is 15.4. The quantitative estimate of drug-likeness (QED) is 0.523. The first-order valence-electron chi connectivity index (χ1n) is 9.72. The Labute approximate surface area is 155 Å². The summed E-state index contributed by atoms with van der Waals surface area (Å²) >= 11 is 0. The number of aryl methyl sites for hydroxylation is 1. The molecule has 0 radical (unpaired) electrons. The minimum Gasteiger partial charge on any atom is -0.256 e. The van der Waals surface area contributed by atoms with Crippen LogP contribution in [-0.2, 0) is 6.42 Å². The van der Waals surface area contributed by atoms with Crippen molar-refractivity contribution in [3.8, 4) is 11.3 Å². The SMILES string of the molecule is CC/C=C/C1CCC(CCc2ccc(-c3ccc(F)c(F)c3)nc2)CC1. The van der Waals surface area contributed by atoms with Gasteiger partial charge in [-0.25, -0.2) is 8.78 Å². The molecule has 1 aliphatic carbocycles. The van der Waals surface area contributed by atoms with Crippen LogP contribution in [0, 0.1) is 23.5 Å². The van der Waals surface area contributed by atoms with Gasteiger partial charge in [-0.15, -0.1) is 0 Å². The van der Waals surface area contributed by atoms with Crippen molar-refractivity contribution in [2.24, 2.45) is 11.8 Å². The summed E-state index contributed by atoms with van der Waals surface area (Å²) in [5.74, 6) is -0.0709. The molecule has 0 bridgehead atoms. The lowest BCUT2D eigenvalue weighted by molar-refractivity contribution is 0.296. The van der Waals surface area contributed by atoms with Crippen molar-refractivity contribution < 1.29 is 8.78 Å². The van der Waals surface area contributed by atoms with E-state index in [1.54, 1.807) is 6.07 Å². The van der Waals surface area contributed by atoms with E-state index in [4.69, 9.17) is 0 Å². The number of hydrogen-bond acceptors (Lipinski definition) is 1. The number of allylic oxidation sites excluding steroid dienone is 2. The van der Waals surface area contributed by atoms with Gasteiger partial charge in [0.25, 0.3) is 0 Å². The van der Waals surface area contributed by atoms with Crippen LogP contribution in [0.2, 0.25) is 0 Å². The topological polar surface area (TPSA) is 12.9 Å². The van der Waals surface area contributed by atoms with Crippen molar-refractivity contribution in [1.29, 1.82) is 0 Å². The lowest BCUT2D eigenvalue weighted by Crippen LogP contribution is -2.13. The molecule has 1 saturated carbocycles. The van der Waals surface area contributed by atoms with Gasteiger partial charge in [0.05, 0.1) is 5.69 Å². The van der Waals surface area contributed by atoms with E-state index >= 15 is 0 Å². The van der Waals surface area contributed by atoms with Gasteiger partial charge in [-0.3, -0.25) is 4.98 Å². The van der Waals surface area contributed by atoms with Crippen molar-refractivity contribution in [3.05, 3.63) is 65.9 Å². The lowest BCUT2D eigenvalue weighted by Gasteiger charge is -2.26. The van der Waals surface area contributed by atoms with E-state index in [1.165, 1.54) is 43.7 Å². The average Bonchev–Trinajstić information content (AvgIpc) is 2.68. The van der Waals surface area contributed by atoms with Gasteiger partial charge < -0.3 is 0 Å². The summed E-state index contributed by atoms with van der Waals surface area (Å²) in [6.07, 6.45) is 15.2. The van der Waals surface area contributed by atoms with Crippen LogP contribution in [0.3, 0.4) is 0 Å². The highest BCUT2D eigenvalue weighted by Gasteiger charge is 2.19. The smallest absolute Gasteiger partial charge is 0.159 e. The average molecular weight is 355 g/mol. The second kappa shape index (κ2) is 9.07. The molecule has 1 heterocycles. The molecule has 1 aromatic heterocycles. The summed E-state index contributed by atoms with van der Waals surface area (Å²) < 4.78 is 26.4. The normalized spacial score (nSPS) is 20.6. The zero-order valence-electron chi connectivity index (χ0n) is 15.4. The third-order valence-corrected chi connectivity index (χ3v) is 5.42. The van der Waals surface area contributed by atoms with Crippen LogP contribution in [-0.4, -0.2) is 4.98 Å². The molecule has 1 nitrogen and oxygen atoms in total. The summed E-state index contributed by atoms with van der Waals surface area (Å²) in [4.78, 5) is 4.43. The molecule has 0 unspecified atom stereocenters. The first-order chi connectivity index (χ1) is 12.7. The van der Waals surface area contributed by atoms with Crippen LogP contribution in [0.15, 0.2) is 48.7 Å². The van der Waals surface area contributed by atoms with Gasteiger partial charge >= 0.3 is 0 Å². The molecule has 26 heavy (non-hydrogen) atoms. The first kappa shape index (κ1) is 18.8. The number of pyridine rings is 1. The minimum atomic E-state index is -0.835. The molecular weight excluding hydrogens is 328 g/mol. The van der Waals surface area contributed by atoms with Crippen molar-refractivity contribution in [2.45, 2.75) is 51.9 Å². The van der Waals surface area contributed by atoms with Gasteiger partial charge in [0.2, 0.25) is 0 Å². The third kappa shape index (κ3) is 5.00. The van der Waals surface area contributed by atoms with Gasteiger partial charge in [-0.05, 0) is 86.6 Å². The molecule has 1 aliphatic rings. The van der Waals surface area contributed by atoms with Crippen molar-refractivity contribution in [3.63, 3.8) is 0 Å². The molecule has 1 aromatic carbocycles. The molecule has 0 aliphatic heterocycles. The Balaban J connectivity index is 1.50.